The molecule has 0 aromatic rings. The van der Waals surface area contributed by atoms with Gasteiger partial charge in [0.15, 0.2) is 9.84 Å². The third-order valence-corrected chi connectivity index (χ3v) is 6.90. The summed E-state index contributed by atoms with van der Waals surface area (Å²) in [5.74, 6) is 0.314. The highest BCUT2D eigenvalue weighted by atomic mass is 32.2. The van der Waals surface area contributed by atoms with Crippen molar-refractivity contribution in [2.75, 3.05) is 38.5 Å². The topological polar surface area (TPSA) is 49.4 Å². The molecule has 2 aliphatic heterocycles. The lowest BCUT2D eigenvalue weighted by Crippen LogP contribution is -2.51. The van der Waals surface area contributed by atoms with Crippen LogP contribution in [-0.2, 0) is 9.84 Å². The van der Waals surface area contributed by atoms with Gasteiger partial charge in [-0.2, -0.15) is 0 Å². The zero-order valence-electron chi connectivity index (χ0n) is 12.3. The summed E-state index contributed by atoms with van der Waals surface area (Å²) in [4.78, 5) is 2.37. The van der Waals surface area contributed by atoms with Crippen molar-refractivity contribution >= 4 is 9.84 Å². The molecule has 1 N–H and O–H groups in total. The Balaban J connectivity index is 1.88. The second-order valence-corrected chi connectivity index (χ2v) is 9.25. The molecule has 0 amide bonds. The maximum absolute atomic E-state index is 11.9. The molecule has 0 bridgehead atoms. The number of sulfone groups is 1. The molecule has 2 rings (SSSR count). The fraction of sp³-hybridized carbons (Fsp3) is 1.00. The monoisotopic (exact) mass is 288 g/mol. The van der Waals surface area contributed by atoms with Crippen molar-refractivity contribution < 1.29 is 8.42 Å². The molecule has 2 fully saturated rings. The highest BCUT2D eigenvalue weighted by Crippen LogP contribution is 2.35. The standard InChI is InChI=1S/C14H28N2O2S/c1-13(2)19(17,18)10-9-16-8-4-6-14(12-16)5-3-7-15-11-14/h13,15H,3-12H2,1-2H3. The van der Waals surface area contributed by atoms with Gasteiger partial charge in [-0.15, -0.1) is 0 Å². The second kappa shape index (κ2) is 6.10. The van der Waals surface area contributed by atoms with Gasteiger partial charge in [0.05, 0.1) is 11.0 Å². The van der Waals surface area contributed by atoms with Crippen LogP contribution in [0.3, 0.4) is 0 Å². The van der Waals surface area contributed by atoms with Crippen molar-refractivity contribution in [3.05, 3.63) is 0 Å². The molecule has 19 heavy (non-hydrogen) atoms. The third kappa shape index (κ3) is 3.92. The predicted molar refractivity (Wildman–Crippen MR) is 79.1 cm³/mol. The minimum Gasteiger partial charge on any atom is -0.316 e. The van der Waals surface area contributed by atoms with Crippen LogP contribution in [-0.4, -0.2) is 57.0 Å². The van der Waals surface area contributed by atoms with Crippen molar-refractivity contribution in [2.24, 2.45) is 5.41 Å². The summed E-state index contributed by atoms with van der Waals surface area (Å²) >= 11 is 0. The molecule has 1 unspecified atom stereocenters. The van der Waals surface area contributed by atoms with Gasteiger partial charge in [-0.25, -0.2) is 8.42 Å². The molecule has 1 spiro atoms. The van der Waals surface area contributed by atoms with Gasteiger partial charge in [0.1, 0.15) is 0 Å². The molecular formula is C14H28N2O2S. The van der Waals surface area contributed by atoms with E-state index >= 15 is 0 Å². The molecule has 2 heterocycles. The Hall–Kier alpha value is -0.130. The molecular weight excluding hydrogens is 260 g/mol. The van der Waals surface area contributed by atoms with Gasteiger partial charge in [0.25, 0.3) is 0 Å². The number of rotatable bonds is 4. The second-order valence-electron chi connectivity index (χ2n) is 6.58. The molecule has 2 aliphatic rings. The van der Waals surface area contributed by atoms with Crippen LogP contribution in [0.5, 0.6) is 0 Å². The van der Waals surface area contributed by atoms with Crippen molar-refractivity contribution in [1.82, 2.24) is 10.2 Å². The average molecular weight is 288 g/mol. The van der Waals surface area contributed by atoms with Crippen molar-refractivity contribution in [3.8, 4) is 0 Å². The average Bonchev–Trinajstić information content (AvgIpc) is 2.37. The maximum atomic E-state index is 11.9. The first kappa shape index (κ1) is 15.3. The Morgan fingerprint density at radius 2 is 2.00 bits per heavy atom. The fourth-order valence-electron chi connectivity index (χ4n) is 3.37. The van der Waals surface area contributed by atoms with E-state index in [1.54, 1.807) is 13.8 Å². The van der Waals surface area contributed by atoms with Crippen LogP contribution in [0.15, 0.2) is 0 Å². The van der Waals surface area contributed by atoms with E-state index in [0.717, 1.165) is 26.2 Å². The molecule has 5 heteroatoms. The highest BCUT2D eigenvalue weighted by Gasteiger charge is 2.36. The summed E-state index contributed by atoms with van der Waals surface area (Å²) in [5.41, 5.74) is 0.415. The van der Waals surface area contributed by atoms with E-state index in [2.05, 4.69) is 10.2 Å². The normalized spacial score (nSPS) is 30.1. The van der Waals surface area contributed by atoms with E-state index in [1.165, 1.54) is 25.7 Å². The first-order chi connectivity index (χ1) is 8.94. The first-order valence-electron chi connectivity index (χ1n) is 7.58. The summed E-state index contributed by atoms with van der Waals surface area (Å²) in [6.07, 6.45) is 5.07. The zero-order chi connectivity index (χ0) is 13.9. The summed E-state index contributed by atoms with van der Waals surface area (Å²) in [6, 6.07) is 0. The van der Waals surface area contributed by atoms with Crippen molar-refractivity contribution in [2.45, 2.75) is 44.8 Å². The third-order valence-electron chi connectivity index (χ3n) is 4.71. The van der Waals surface area contributed by atoms with Crippen molar-refractivity contribution in [3.63, 3.8) is 0 Å². The van der Waals surface area contributed by atoms with Gasteiger partial charge in [-0.05, 0) is 58.0 Å². The number of piperidine rings is 2. The van der Waals surface area contributed by atoms with Crippen molar-refractivity contribution in [1.29, 1.82) is 0 Å². The lowest BCUT2D eigenvalue weighted by molar-refractivity contribution is 0.0685. The van der Waals surface area contributed by atoms with Gasteiger partial charge < -0.3 is 10.2 Å². The largest absolute Gasteiger partial charge is 0.316 e. The summed E-state index contributed by atoms with van der Waals surface area (Å²) in [5, 5.41) is 3.26. The molecule has 0 aromatic carbocycles. The smallest absolute Gasteiger partial charge is 0.153 e. The number of likely N-dealkylation sites (tertiary alicyclic amines) is 1. The summed E-state index contributed by atoms with van der Waals surface area (Å²) in [6.45, 7) is 8.66. The molecule has 0 saturated carbocycles. The Morgan fingerprint density at radius 1 is 1.26 bits per heavy atom. The minimum absolute atomic E-state index is 0.248. The van der Waals surface area contributed by atoms with E-state index in [4.69, 9.17) is 0 Å². The van der Waals surface area contributed by atoms with Crippen LogP contribution in [0.25, 0.3) is 0 Å². The van der Waals surface area contributed by atoms with Gasteiger partial charge in [-0.1, -0.05) is 0 Å². The minimum atomic E-state index is -2.90. The van der Waals surface area contributed by atoms with E-state index < -0.39 is 9.84 Å². The van der Waals surface area contributed by atoms with Crippen LogP contribution in [0.1, 0.15) is 39.5 Å². The van der Waals surface area contributed by atoms with E-state index in [-0.39, 0.29) is 5.25 Å². The SMILES string of the molecule is CC(C)S(=O)(=O)CCN1CCCC2(CCCNC2)C1. The van der Waals surface area contributed by atoms with Gasteiger partial charge in [-0.3, -0.25) is 0 Å². The van der Waals surface area contributed by atoms with Gasteiger partial charge >= 0.3 is 0 Å². The molecule has 0 radical (unpaired) electrons. The number of nitrogens with one attached hydrogen (secondary N) is 1. The molecule has 0 aromatic heterocycles. The summed E-state index contributed by atoms with van der Waals surface area (Å²) < 4.78 is 23.8. The molecule has 1 atom stereocenters. The Morgan fingerprint density at radius 3 is 2.63 bits per heavy atom. The van der Waals surface area contributed by atoms with Gasteiger partial charge in [0.2, 0.25) is 0 Å². The maximum Gasteiger partial charge on any atom is 0.153 e. The van der Waals surface area contributed by atoms with Crippen LogP contribution in [0, 0.1) is 5.41 Å². The molecule has 2 saturated heterocycles. The Bertz CT molecular complexity index is 381. The lowest BCUT2D eigenvalue weighted by Gasteiger charge is -2.45. The fourth-order valence-corrected chi connectivity index (χ4v) is 4.36. The van der Waals surface area contributed by atoms with Crippen LogP contribution in [0.4, 0.5) is 0 Å². The number of hydrogen-bond donors (Lipinski definition) is 1. The van der Waals surface area contributed by atoms with E-state index in [0.29, 0.717) is 17.7 Å². The Kier molecular flexibility index (Phi) is 4.90. The number of nitrogens with zero attached hydrogens (tertiary/aromatic N) is 1. The zero-order valence-corrected chi connectivity index (χ0v) is 13.1. The predicted octanol–water partition coefficient (Wildman–Crippen LogP) is 1.28. The molecule has 4 nitrogen and oxygen atoms in total. The molecule has 0 aliphatic carbocycles. The van der Waals surface area contributed by atoms with Crippen LogP contribution < -0.4 is 5.32 Å². The lowest BCUT2D eigenvalue weighted by atomic mass is 9.74. The Labute approximate surface area is 117 Å². The van der Waals surface area contributed by atoms with Crippen LogP contribution >= 0.6 is 0 Å². The summed E-state index contributed by atoms with van der Waals surface area (Å²) in [7, 11) is -2.90. The van der Waals surface area contributed by atoms with E-state index in [9.17, 15) is 8.42 Å². The van der Waals surface area contributed by atoms with Crippen LogP contribution in [0.2, 0.25) is 0 Å². The number of hydrogen-bond acceptors (Lipinski definition) is 4. The quantitative estimate of drug-likeness (QED) is 0.846. The highest BCUT2D eigenvalue weighted by molar-refractivity contribution is 7.92. The molecule has 112 valence electrons. The van der Waals surface area contributed by atoms with Gasteiger partial charge in [0, 0.05) is 19.6 Å². The van der Waals surface area contributed by atoms with E-state index in [1.807, 2.05) is 0 Å². The first-order valence-corrected chi connectivity index (χ1v) is 9.30.